The molecule has 4 rings (SSSR count). The lowest BCUT2D eigenvalue weighted by Crippen LogP contribution is -2.48. The second-order valence-corrected chi connectivity index (χ2v) is 16.8. The van der Waals surface area contributed by atoms with E-state index >= 15 is 0 Å². The fourth-order valence-corrected chi connectivity index (χ4v) is 6.33. The Morgan fingerprint density at radius 1 is 1.21 bits per heavy atom. The number of benzene rings is 1. The molecule has 0 saturated carbocycles. The monoisotopic (exact) mass is 554 g/mol. The number of nitrogens with zero attached hydrogens (tertiary/aromatic N) is 3. The van der Waals surface area contributed by atoms with E-state index in [9.17, 15) is 9.18 Å². The van der Waals surface area contributed by atoms with Gasteiger partial charge in [-0.1, -0.05) is 45.0 Å². The first-order valence-electron chi connectivity index (χ1n) is 13.9. The van der Waals surface area contributed by atoms with Crippen molar-refractivity contribution in [1.29, 1.82) is 0 Å². The summed E-state index contributed by atoms with van der Waals surface area (Å²) in [5, 5.41) is 3.20. The number of ether oxygens (including phenoxy) is 1. The number of amides is 2. The maximum absolute atomic E-state index is 14.2. The van der Waals surface area contributed by atoms with Crippen LogP contribution in [-0.4, -0.2) is 68.5 Å². The first kappa shape index (κ1) is 29.2. The molecule has 0 bridgehead atoms. The highest BCUT2D eigenvalue weighted by Gasteiger charge is 2.39. The van der Waals surface area contributed by atoms with E-state index in [-0.39, 0.29) is 23.0 Å². The van der Waals surface area contributed by atoms with Gasteiger partial charge in [0.05, 0.1) is 25.5 Å². The molecule has 2 aliphatic rings. The van der Waals surface area contributed by atoms with E-state index in [0.717, 1.165) is 54.9 Å². The van der Waals surface area contributed by atoms with E-state index in [1.165, 1.54) is 13.2 Å². The number of pyridine rings is 1. The van der Waals surface area contributed by atoms with Crippen LogP contribution in [0.2, 0.25) is 18.1 Å². The van der Waals surface area contributed by atoms with Crippen molar-refractivity contribution >= 4 is 19.9 Å². The number of hydrogen-bond acceptors (Lipinski definition) is 5. The number of carbonyl (C=O) groups is 1. The highest BCUT2D eigenvalue weighted by molar-refractivity contribution is 6.74. The largest absolute Gasteiger partial charge is 0.493 e. The van der Waals surface area contributed by atoms with E-state index in [4.69, 9.17) is 9.16 Å². The van der Waals surface area contributed by atoms with Crippen LogP contribution < -0.4 is 10.1 Å². The third kappa shape index (κ3) is 7.07. The van der Waals surface area contributed by atoms with E-state index in [0.29, 0.717) is 25.4 Å². The van der Waals surface area contributed by atoms with Gasteiger partial charge in [-0.05, 0) is 54.2 Å². The number of halogens is 1. The van der Waals surface area contributed by atoms with Crippen molar-refractivity contribution < 1.29 is 18.3 Å². The van der Waals surface area contributed by atoms with Gasteiger partial charge in [0.15, 0.2) is 19.9 Å². The van der Waals surface area contributed by atoms with Crippen LogP contribution in [-0.2, 0) is 17.5 Å². The van der Waals surface area contributed by atoms with Crippen molar-refractivity contribution in [2.45, 2.75) is 70.9 Å². The summed E-state index contributed by atoms with van der Waals surface area (Å²) in [4.78, 5) is 21.5. The van der Waals surface area contributed by atoms with Crippen molar-refractivity contribution in [2.75, 3.05) is 33.3 Å². The number of methoxy groups -OCH3 is 1. The Hall–Kier alpha value is -2.75. The Balaban J connectivity index is 1.37. The molecule has 1 N–H and O–H groups in total. The number of rotatable bonds is 9. The van der Waals surface area contributed by atoms with Gasteiger partial charge in [0.25, 0.3) is 0 Å². The van der Waals surface area contributed by atoms with Crippen LogP contribution in [0.4, 0.5) is 9.18 Å². The lowest BCUT2D eigenvalue weighted by Gasteiger charge is -2.41. The fourth-order valence-electron chi connectivity index (χ4n) is 4.96. The number of aromatic nitrogens is 1. The molecule has 2 aliphatic heterocycles. The number of fused-ring (bicyclic) bond motifs is 1. The van der Waals surface area contributed by atoms with Crippen molar-refractivity contribution in [2.24, 2.45) is 0 Å². The molecule has 212 valence electrons. The summed E-state index contributed by atoms with van der Waals surface area (Å²) < 4.78 is 26.4. The number of nitrogens with one attached hydrogen (secondary N) is 1. The molecule has 1 aromatic heterocycles. The number of para-hydroxylation sites is 1. The van der Waals surface area contributed by atoms with Crippen LogP contribution in [0, 0.1) is 5.82 Å². The lowest BCUT2D eigenvalue weighted by molar-refractivity contribution is 0.117. The zero-order valence-corrected chi connectivity index (χ0v) is 25.2. The third-order valence-corrected chi connectivity index (χ3v) is 12.8. The summed E-state index contributed by atoms with van der Waals surface area (Å²) >= 11 is 0. The van der Waals surface area contributed by atoms with Gasteiger partial charge in [-0.15, -0.1) is 0 Å². The first-order chi connectivity index (χ1) is 18.5. The van der Waals surface area contributed by atoms with Crippen LogP contribution in [0.25, 0.3) is 5.57 Å². The molecular weight excluding hydrogens is 511 g/mol. The Morgan fingerprint density at radius 2 is 2.00 bits per heavy atom. The molecule has 0 radical (unpaired) electrons. The molecule has 3 heterocycles. The topological polar surface area (TPSA) is 66.9 Å². The highest BCUT2D eigenvalue weighted by Crippen LogP contribution is 2.38. The Bertz CT molecular complexity index is 1170. The average Bonchev–Trinajstić information content (AvgIpc) is 3.33. The van der Waals surface area contributed by atoms with Gasteiger partial charge >= 0.3 is 6.03 Å². The van der Waals surface area contributed by atoms with Gasteiger partial charge in [0.2, 0.25) is 0 Å². The molecule has 0 spiro atoms. The molecule has 0 saturated heterocycles. The normalized spacial score (nSPS) is 17.0. The Morgan fingerprint density at radius 3 is 2.67 bits per heavy atom. The van der Waals surface area contributed by atoms with Crippen molar-refractivity contribution in [1.82, 2.24) is 20.1 Å². The van der Waals surface area contributed by atoms with Gasteiger partial charge in [-0.3, -0.25) is 9.88 Å². The summed E-state index contributed by atoms with van der Waals surface area (Å²) in [6.45, 7) is 15.4. The maximum Gasteiger partial charge on any atom is 0.318 e. The Kier molecular flexibility index (Phi) is 9.13. The molecule has 0 unspecified atom stereocenters. The molecule has 9 heteroatoms. The quantitative estimate of drug-likeness (QED) is 0.396. The predicted octanol–water partition coefficient (Wildman–Crippen LogP) is 5.82. The zero-order valence-electron chi connectivity index (χ0n) is 24.2. The van der Waals surface area contributed by atoms with Crippen LogP contribution in [0.1, 0.15) is 50.4 Å². The summed E-state index contributed by atoms with van der Waals surface area (Å²) in [7, 11) is -0.502. The summed E-state index contributed by atoms with van der Waals surface area (Å²) in [6, 6.07) is 8.96. The molecule has 0 aliphatic carbocycles. The number of carbonyl (C=O) groups excluding carboxylic acids is 1. The summed E-state index contributed by atoms with van der Waals surface area (Å²) in [5.41, 5.74) is 4.02. The Labute approximate surface area is 233 Å². The second kappa shape index (κ2) is 12.2. The van der Waals surface area contributed by atoms with Gasteiger partial charge in [-0.25, -0.2) is 9.18 Å². The van der Waals surface area contributed by atoms with E-state index in [1.54, 1.807) is 17.2 Å². The highest BCUT2D eigenvalue weighted by atomic mass is 28.4. The van der Waals surface area contributed by atoms with Crippen LogP contribution >= 0.6 is 0 Å². The van der Waals surface area contributed by atoms with Crippen LogP contribution in [0.3, 0.4) is 0 Å². The van der Waals surface area contributed by atoms with Crippen molar-refractivity contribution in [3.8, 4) is 5.75 Å². The number of urea groups is 1. The van der Waals surface area contributed by atoms with Crippen molar-refractivity contribution in [3.63, 3.8) is 0 Å². The van der Waals surface area contributed by atoms with Gasteiger partial charge < -0.3 is 19.4 Å². The van der Waals surface area contributed by atoms with E-state index in [1.807, 2.05) is 18.2 Å². The van der Waals surface area contributed by atoms with Gasteiger partial charge in [0.1, 0.15) is 0 Å². The summed E-state index contributed by atoms with van der Waals surface area (Å²) in [5.74, 6) is -0.0266. The maximum atomic E-state index is 14.2. The third-order valence-electron chi connectivity index (χ3n) is 8.26. The minimum absolute atomic E-state index is 0.00212. The average molecular weight is 555 g/mol. The molecule has 2 amide bonds. The molecule has 1 aromatic carbocycles. The molecule has 0 fully saturated rings. The summed E-state index contributed by atoms with van der Waals surface area (Å²) in [6.07, 6.45) is 5.50. The lowest BCUT2D eigenvalue weighted by atomic mass is 9.98. The van der Waals surface area contributed by atoms with Gasteiger partial charge in [0, 0.05) is 44.5 Å². The first-order valence-corrected chi connectivity index (χ1v) is 16.8. The molecule has 1 atom stereocenters. The predicted molar refractivity (Wildman–Crippen MR) is 156 cm³/mol. The number of hydrogen-bond donors (Lipinski definition) is 1. The minimum Gasteiger partial charge on any atom is -0.493 e. The minimum atomic E-state index is -2.01. The van der Waals surface area contributed by atoms with Crippen LogP contribution in [0.5, 0.6) is 5.75 Å². The van der Waals surface area contributed by atoms with Gasteiger partial charge in [-0.2, -0.15) is 0 Å². The second-order valence-electron chi connectivity index (χ2n) is 12.0. The van der Waals surface area contributed by atoms with Crippen molar-refractivity contribution in [3.05, 3.63) is 65.2 Å². The SMILES string of the molecule is COc1c(F)cccc1C1=CCN(C[C@@H](CCNC(=O)N2Cc3cccnc3C2)O[Si](C)(C)C(C)(C)C)CC1. The standard InChI is InChI=1S/C30H43FN4O3Si/c1-30(2,3)39(5,6)38-24(12-16-33-29(36)35-19-23-9-8-15-32-27(23)21-35)20-34-17-13-22(14-18-34)25-10-7-11-26(31)28(25)37-4/h7-11,13,15,24H,12,14,16-21H2,1-6H3,(H,33,36)/t24-/m1/s1. The molecular formula is C30H43FN4O3Si. The van der Waals surface area contributed by atoms with E-state index < -0.39 is 8.32 Å². The smallest absolute Gasteiger partial charge is 0.318 e. The fraction of sp³-hybridized carbons (Fsp3) is 0.533. The zero-order chi connectivity index (χ0) is 28.2. The van der Waals surface area contributed by atoms with E-state index in [2.05, 4.69) is 55.1 Å². The molecule has 2 aromatic rings. The molecule has 7 nitrogen and oxygen atoms in total. The molecule has 39 heavy (non-hydrogen) atoms. The van der Waals surface area contributed by atoms with Crippen LogP contribution in [0.15, 0.2) is 42.6 Å².